The van der Waals surface area contributed by atoms with E-state index in [1.165, 1.54) is 22.2 Å². The maximum atomic E-state index is 10.1. The number of fused-ring (bicyclic) bond motifs is 1. The normalized spacial score (nSPS) is 29.2. The Labute approximate surface area is 119 Å². The van der Waals surface area contributed by atoms with Crippen molar-refractivity contribution in [3.63, 3.8) is 0 Å². The van der Waals surface area contributed by atoms with Crippen LogP contribution in [-0.4, -0.2) is 66.8 Å². The van der Waals surface area contributed by atoms with Crippen molar-refractivity contribution in [2.24, 2.45) is 5.84 Å². The van der Waals surface area contributed by atoms with Gasteiger partial charge in [0.1, 0.15) is 24.6 Å². The molecule has 1 aliphatic heterocycles. The largest absolute Gasteiger partial charge is 0.394 e. The molecule has 114 valence electrons. The van der Waals surface area contributed by atoms with Gasteiger partial charge in [0.2, 0.25) is 0 Å². The molecular weight excluding hydrogens is 280 g/mol. The molecule has 10 heteroatoms. The highest BCUT2D eigenvalue weighted by Crippen LogP contribution is 2.32. The summed E-state index contributed by atoms with van der Waals surface area (Å²) in [6.45, 7) is -0.396. The van der Waals surface area contributed by atoms with Crippen LogP contribution in [0.5, 0.6) is 0 Å². The average Bonchev–Trinajstić information content (AvgIpc) is 3.01. The molecule has 1 aliphatic rings. The van der Waals surface area contributed by atoms with Gasteiger partial charge in [0, 0.05) is 7.05 Å². The van der Waals surface area contributed by atoms with Crippen molar-refractivity contribution in [1.82, 2.24) is 19.5 Å². The molecule has 0 bridgehead atoms. The first-order valence-corrected chi connectivity index (χ1v) is 6.33. The molecule has 5 N–H and O–H groups in total. The minimum absolute atomic E-state index is 0.396. The number of aromatic nitrogens is 4. The fourth-order valence-electron chi connectivity index (χ4n) is 2.39. The topological polar surface area (TPSA) is 143 Å². The number of hydrogen-bond donors (Lipinski definition) is 4. The molecule has 0 aliphatic carbocycles. The summed E-state index contributed by atoms with van der Waals surface area (Å²) in [6, 6.07) is 0. The summed E-state index contributed by atoms with van der Waals surface area (Å²) in [6.07, 6.45) is -1.40. The number of hydrogen-bond acceptors (Lipinski definition) is 9. The van der Waals surface area contributed by atoms with Gasteiger partial charge in [-0.2, -0.15) is 0 Å². The molecule has 3 heterocycles. The molecule has 0 saturated carbocycles. The maximum Gasteiger partial charge on any atom is 0.174 e. The van der Waals surface area contributed by atoms with Crippen molar-refractivity contribution in [3.05, 3.63) is 12.7 Å². The highest BCUT2D eigenvalue weighted by atomic mass is 16.6. The highest BCUT2D eigenvalue weighted by Gasteiger charge is 2.44. The molecular formula is C11H16N6O4. The number of nitrogens with two attached hydrogens (primary N) is 1. The fraction of sp³-hybridized carbons (Fsp3) is 0.545. The monoisotopic (exact) mass is 296 g/mol. The number of aliphatic hydroxyl groups excluding tert-OH is 3. The number of nitrogens with zero attached hydrogens (tertiary/aromatic N) is 5. The highest BCUT2D eigenvalue weighted by molar-refractivity contribution is 5.82. The van der Waals surface area contributed by atoms with Crippen molar-refractivity contribution in [3.8, 4) is 0 Å². The van der Waals surface area contributed by atoms with Crippen LogP contribution in [0, 0.1) is 0 Å². The minimum Gasteiger partial charge on any atom is -0.394 e. The summed E-state index contributed by atoms with van der Waals surface area (Å²) in [5.41, 5.74) is 0.854. The molecule has 1 fully saturated rings. The van der Waals surface area contributed by atoms with Crippen molar-refractivity contribution in [2.75, 3.05) is 18.7 Å². The first kappa shape index (κ1) is 14.1. The molecule has 0 radical (unpaired) electrons. The minimum atomic E-state index is -1.20. The molecule has 0 unspecified atom stereocenters. The molecule has 2 aromatic rings. The molecule has 0 amide bonds. The van der Waals surface area contributed by atoms with E-state index in [9.17, 15) is 10.2 Å². The zero-order valence-corrected chi connectivity index (χ0v) is 11.2. The Hall–Kier alpha value is -1.85. The number of hydrazine groups is 1. The fourth-order valence-corrected chi connectivity index (χ4v) is 2.39. The third-order valence-electron chi connectivity index (χ3n) is 3.46. The van der Waals surface area contributed by atoms with Crippen LogP contribution in [0.3, 0.4) is 0 Å². The van der Waals surface area contributed by atoms with Gasteiger partial charge in [-0.15, -0.1) is 0 Å². The lowest BCUT2D eigenvalue weighted by molar-refractivity contribution is -0.0511. The second-order valence-corrected chi connectivity index (χ2v) is 4.86. The Morgan fingerprint density at radius 2 is 2.10 bits per heavy atom. The van der Waals surface area contributed by atoms with Crippen LogP contribution < -0.4 is 10.9 Å². The van der Waals surface area contributed by atoms with Crippen LogP contribution in [0.2, 0.25) is 0 Å². The maximum absolute atomic E-state index is 10.1. The second-order valence-electron chi connectivity index (χ2n) is 4.86. The van der Waals surface area contributed by atoms with E-state index < -0.39 is 31.1 Å². The van der Waals surface area contributed by atoms with Crippen molar-refractivity contribution in [1.29, 1.82) is 0 Å². The molecule has 0 aromatic carbocycles. The second kappa shape index (κ2) is 5.16. The zero-order chi connectivity index (χ0) is 15.1. The summed E-state index contributed by atoms with van der Waals surface area (Å²) in [5, 5.41) is 30.3. The molecule has 1 saturated heterocycles. The summed E-state index contributed by atoms with van der Waals surface area (Å²) in [5.74, 6) is 6.10. The standard InChI is InChI=1S/C11H16N6O4/c1-16(12)9-6-10(14-3-13-9)17(4-15-6)11-8(20)7(19)5(2-18)21-11/h3-5,7-8,11,18-20H,2,12H2,1H3/t5-,7-,8-,11-/m1/s1. The van der Waals surface area contributed by atoms with E-state index in [2.05, 4.69) is 15.0 Å². The van der Waals surface area contributed by atoms with Crippen molar-refractivity contribution in [2.45, 2.75) is 24.5 Å². The van der Waals surface area contributed by atoms with Crippen LogP contribution in [0.15, 0.2) is 12.7 Å². The smallest absolute Gasteiger partial charge is 0.174 e. The number of ether oxygens (including phenoxy) is 1. The summed E-state index contributed by atoms with van der Waals surface area (Å²) in [4.78, 5) is 12.3. The Morgan fingerprint density at radius 3 is 2.71 bits per heavy atom. The Balaban J connectivity index is 2.04. The third kappa shape index (κ3) is 2.13. The summed E-state index contributed by atoms with van der Waals surface area (Å²) < 4.78 is 6.94. The predicted octanol–water partition coefficient (Wildman–Crippen LogP) is -2.25. The van der Waals surface area contributed by atoms with Gasteiger partial charge in [0.25, 0.3) is 0 Å². The summed E-state index contributed by atoms with van der Waals surface area (Å²) in [7, 11) is 1.62. The first-order valence-electron chi connectivity index (χ1n) is 6.33. The van der Waals surface area contributed by atoms with Crippen LogP contribution in [0.25, 0.3) is 11.2 Å². The van der Waals surface area contributed by atoms with Crippen LogP contribution in [-0.2, 0) is 4.74 Å². The van der Waals surface area contributed by atoms with E-state index >= 15 is 0 Å². The molecule has 10 nitrogen and oxygen atoms in total. The number of anilines is 1. The average molecular weight is 296 g/mol. The summed E-state index contributed by atoms with van der Waals surface area (Å²) >= 11 is 0. The molecule has 21 heavy (non-hydrogen) atoms. The number of imidazole rings is 1. The first-order chi connectivity index (χ1) is 10.0. The molecule has 2 aromatic heterocycles. The van der Waals surface area contributed by atoms with Gasteiger partial charge >= 0.3 is 0 Å². The SMILES string of the molecule is CN(N)c1ncnc2c1ncn2[C@@H]1O[C@H](CO)[C@@H](O)[C@H]1O. The van der Waals surface area contributed by atoms with Gasteiger partial charge < -0.3 is 20.1 Å². The lowest BCUT2D eigenvalue weighted by Gasteiger charge is -2.17. The lowest BCUT2D eigenvalue weighted by atomic mass is 10.1. The van der Waals surface area contributed by atoms with Gasteiger partial charge in [0.15, 0.2) is 23.2 Å². The third-order valence-corrected chi connectivity index (χ3v) is 3.46. The van der Waals surface area contributed by atoms with Gasteiger partial charge in [-0.1, -0.05) is 0 Å². The Morgan fingerprint density at radius 1 is 1.33 bits per heavy atom. The van der Waals surface area contributed by atoms with Crippen LogP contribution in [0.1, 0.15) is 6.23 Å². The van der Waals surface area contributed by atoms with Gasteiger partial charge in [-0.3, -0.25) is 9.58 Å². The van der Waals surface area contributed by atoms with E-state index in [4.69, 9.17) is 15.7 Å². The van der Waals surface area contributed by atoms with Gasteiger partial charge in [0.05, 0.1) is 12.9 Å². The van der Waals surface area contributed by atoms with Crippen LogP contribution >= 0.6 is 0 Å². The molecule has 4 atom stereocenters. The lowest BCUT2D eigenvalue weighted by Crippen LogP contribution is -2.33. The van der Waals surface area contributed by atoms with Crippen molar-refractivity contribution < 1.29 is 20.1 Å². The Bertz CT molecular complexity index is 647. The van der Waals surface area contributed by atoms with E-state index in [1.807, 2.05) is 0 Å². The Kier molecular flexibility index (Phi) is 3.47. The molecule has 0 spiro atoms. The molecule has 3 rings (SSSR count). The predicted molar refractivity (Wildman–Crippen MR) is 70.9 cm³/mol. The van der Waals surface area contributed by atoms with E-state index in [1.54, 1.807) is 7.05 Å². The number of rotatable bonds is 3. The van der Waals surface area contributed by atoms with Gasteiger partial charge in [-0.25, -0.2) is 20.8 Å². The zero-order valence-electron chi connectivity index (χ0n) is 11.2. The van der Waals surface area contributed by atoms with E-state index in [0.29, 0.717) is 17.0 Å². The van der Waals surface area contributed by atoms with Crippen molar-refractivity contribution >= 4 is 17.0 Å². The quantitative estimate of drug-likeness (QED) is 0.364. The van der Waals surface area contributed by atoms with E-state index in [-0.39, 0.29) is 0 Å². The van der Waals surface area contributed by atoms with E-state index in [0.717, 1.165) is 0 Å². The van der Waals surface area contributed by atoms with Gasteiger partial charge in [-0.05, 0) is 0 Å². The van der Waals surface area contributed by atoms with Crippen LogP contribution in [0.4, 0.5) is 5.82 Å². The number of aliphatic hydroxyl groups is 3.